The van der Waals surface area contributed by atoms with Gasteiger partial charge in [-0.25, -0.2) is 4.79 Å². The van der Waals surface area contributed by atoms with Gasteiger partial charge in [-0.2, -0.15) is 0 Å². The molecule has 0 rings (SSSR count). The van der Waals surface area contributed by atoms with E-state index < -0.39 is 0 Å². The Morgan fingerprint density at radius 1 is 1.23 bits per heavy atom. The van der Waals surface area contributed by atoms with E-state index >= 15 is 0 Å². The first-order chi connectivity index (χ1) is 5.99. The third-order valence-corrected chi connectivity index (χ3v) is 4.65. The topological polar surface area (TPSA) is 26.3 Å². The molecule has 0 aliphatic rings. The number of ether oxygens (including phenoxy) is 1. The lowest BCUT2D eigenvalue weighted by molar-refractivity contribution is -0.134. The van der Waals surface area contributed by atoms with E-state index in [4.69, 9.17) is 0 Å². The van der Waals surface area contributed by atoms with Crippen LogP contribution in [-0.2, 0) is 9.53 Å². The molecule has 0 heterocycles. The molecular formula is C10H19O2P. The Morgan fingerprint density at radius 2 is 1.69 bits per heavy atom. The maximum absolute atomic E-state index is 10.9. The average Bonchev–Trinajstić information content (AvgIpc) is 2.03. The highest BCUT2D eigenvalue weighted by Gasteiger charge is 2.13. The zero-order valence-electron chi connectivity index (χ0n) is 9.07. The summed E-state index contributed by atoms with van der Waals surface area (Å²) in [6, 6.07) is 0. The van der Waals surface area contributed by atoms with Gasteiger partial charge in [0, 0.05) is 6.08 Å². The summed E-state index contributed by atoms with van der Waals surface area (Å²) in [7, 11) is 1.20. The van der Waals surface area contributed by atoms with E-state index in [2.05, 4.69) is 32.4 Å². The summed E-state index contributed by atoms with van der Waals surface area (Å²) in [5.74, 6) is 1.75. The van der Waals surface area contributed by atoms with Crippen LogP contribution in [0.4, 0.5) is 0 Å². The summed E-state index contributed by atoms with van der Waals surface area (Å²) in [5, 5.41) is 0. The van der Waals surface area contributed by atoms with Gasteiger partial charge in [-0.3, -0.25) is 0 Å². The molecule has 0 fully saturated rings. The summed E-state index contributed by atoms with van der Waals surface area (Å²) in [4.78, 5) is 10.9. The maximum Gasteiger partial charge on any atom is 0.330 e. The van der Waals surface area contributed by atoms with Gasteiger partial charge in [-0.1, -0.05) is 41.4 Å². The zero-order chi connectivity index (χ0) is 10.4. The van der Waals surface area contributed by atoms with E-state index in [0.717, 1.165) is 0 Å². The Morgan fingerprint density at radius 3 is 2.00 bits per heavy atom. The second-order valence-electron chi connectivity index (χ2n) is 3.47. The van der Waals surface area contributed by atoms with Crippen molar-refractivity contribution in [2.75, 3.05) is 7.11 Å². The van der Waals surface area contributed by atoms with Gasteiger partial charge in [-0.15, -0.1) is 0 Å². The van der Waals surface area contributed by atoms with E-state index in [-0.39, 0.29) is 13.9 Å². The predicted octanol–water partition coefficient (Wildman–Crippen LogP) is 2.97. The summed E-state index contributed by atoms with van der Waals surface area (Å²) in [5.41, 5.74) is 1.24. The Kier molecular flexibility index (Phi) is 5.98. The second kappa shape index (κ2) is 6.15. The van der Waals surface area contributed by atoms with Crippen molar-refractivity contribution in [1.82, 2.24) is 0 Å². The molecule has 2 nitrogen and oxygen atoms in total. The van der Waals surface area contributed by atoms with Crippen LogP contribution in [0.1, 0.15) is 27.7 Å². The molecule has 13 heavy (non-hydrogen) atoms. The summed E-state index contributed by atoms with van der Waals surface area (Å²) in [6.45, 7) is 8.75. The third-order valence-electron chi connectivity index (χ3n) is 1.78. The van der Waals surface area contributed by atoms with E-state index in [9.17, 15) is 4.79 Å². The fraction of sp³-hybridized carbons (Fsp3) is 0.700. The van der Waals surface area contributed by atoms with Crippen LogP contribution < -0.4 is 0 Å². The van der Waals surface area contributed by atoms with Gasteiger partial charge in [0.15, 0.2) is 0 Å². The lowest BCUT2D eigenvalue weighted by atomic mass is 10.5. The fourth-order valence-electron chi connectivity index (χ4n) is 1.16. The van der Waals surface area contributed by atoms with Crippen molar-refractivity contribution in [2.45, 2.75) is 39.0 Å². The largest absolute Gasteiger partial charge is 0.466 e. The van der Waals surface area contributed by atoms with Crippen molar-refractivity contribution in [3.63, 3.8) is 0 Å². The van der Waals surface area contributed by atoms with Crippen LogP contribution in [0.25, 0.3) is 0 Å². The molecule has 0 saturated heterocycles. The molecule has 0 saturated carbocycles. The van der Waals surface area contributed by atoms with E-state index in [1.807, 2.05) is 5.82 Å². The van der Waals surface area contributed by atoms with Gasteiger partial charge < -0.3 is 4.74 Å². The van der Waals surface area contributed by atoms with Gasteiger partial charge in [0.1, 0.15) is 0 Å². The Labute approximate surface area is 82.1 Å². The molecule has 0 amide bonds. The van der Waals surface area contributed by atoms with Crippen molar-refractivity contribution in [3.05, 3.63) is 11.9 Å². The number of carbonyl (C=O) groups excluding carboxylic acids is 1. The van der Waals surface area contributed by atoms with E-state index in [1.165, 1.54) is 7.11 Å². The number of rotatable bonds is 4. The quantitative estimate of drug-likeness (QED) is 0.398. The molecule has 0 unspecified atom stereocenters. The number of hydrogen-bond acceptors (Lipinski definition) is 2. The van der Waals surface area contributed by atoms with Gasteiger partial charge in [0.2, 0.25) is 0 Å². The summed E-state index contributed by atoms with van der Waals surface area (Å²) in [6.07, 6.45) is 1.55. The van der Waals surface area contributed by atoms with Gasteiger partial charge >= 0.3 is 5.97 Å². The van der Waals surface area contributed by atoms with Crippen LogP contribution in [0.5, 0.6) is 0 Å². The van der Waals surface area contributed by atoms with Crippen molar-refractivity contribution >= 4 is 13.9 Å². The van der Waals surface area contributed by atoms with Gasteiger partial charge in [0.25, 0.3) is 0 Å². The molecule has 0 aromatic rings. The molecule has 76 valence electrons. The van der Waals surface area contributed by atoms with Crippen molar-refractivity contribution in [1.29, 1.82) is 0 Å². The predicted molar refractivity (Wildman–Crippen MR) is 58.3 cm³/mol. The normalized spacial score (nSPS) is 12.0. The van der Waals surface area contributed by atoms with Gasteiger partial charge in [0.05, 0.1) is 7.11 Å². The van der Waals surface area contributed by atoms with E-state index in [0.29, 0.717) is 11.3 Å². The smallest absolute Gasteiger partial charge is 0.330 e. The average molecular weight is 202 g/mol. The summed E-state index contributed by atoms with van der Waals surface area (Å²) < 4.78 is 4.54. The Hall–Kier alpha value is -0.360. The van der Waals surface area contributed by atoms with Crippen molar-refractivity contribution < 1.29 is 9.53 Å². The van der Waals surface area contributed by atoms with Crippen LogP contribution in [0.15, 0.2) is 11.9 Å². The first kappa shape index (κ1) is 12.6. The third kappa shape index (κ3) is 5.05. The van der Waals surface area contributed by atoms with E-state index in [1.54, 1.807) is 6.08 Å². The maximum atomic E-state index is 10.9. The SMILES string of the molecule is COC(=O)C=CP(C(C)C)C(C)C. The number of methoxy groups -OCH3 is 1. The van der Waals surface area contributed by atoms with Crippen molar-refractivity contribution in [2.24, 2.45) is 0 Å². The molecule has 0 aliphatic carbocycles. The molecule has 0 radical (unpaired) electrons. The van der Waals surface area contributed by atoms with Crippen LogP contribution in [0.3, 0.4) is 0 Å². The van der Waals surface area contributed by atoms with Crippen LogP contribution in [-0.4, -0.2) is 24.4 Å². The summed E-state index contributed by atoms with van der Waals surface area (Å²) >= 11 is 0. The van der Waals surface area contributed by atoms with Crippen molar-refractivity contribution in [3.8, 4) is 0 Å². The first-order valence-corrected chi connectivity index (χ1v) is 6.07. The standard InChI is InChI=1S/C10H19O2P/c1-8(2)13(9(3)4)7-6-10(11)12-5/h6-9H,1-5H3. The lowest BCUT2D eigenvalue weighted by Gasteiger charge is -2.21. The molecule has 0 atom stereocenters. The first-order valence-electron chi connectivity index (χ1n) is 4.52. The second-order valence-corrected chi connectivity index (χ2v) is 6.73. The number of hydrogen-bond donors (Lipinski definition) is 0. The molecule has 0 spiro atoms. The molecule has 0 bridgehead atoms. The molecule has 0 aromatic carbocycles. The van der Waals surface area contributed by atoms with Gasteiger partial charge in [-0.05, 0) is 11.3 Å². The highest BCUT2D eigenvalue weighted by molar-refractivity contribution is 7.62. The van der Waals surface area contributed by atoms with Crippen LogP contribution >= 0.6 is 7.92 Å². The highest BCUT2D eigenvalue weighted by atomic mass is 31.1. The Balaban J connectivity index is 4.25. The molecule has 0 aliphatic heterocycles. The monoisotopic (exact) mass is 202 g/mol. The molecule has 0 aromatic heterocycles. The number of carbonyl (C=O) groups is 1. The van der Waals surface area contributed by atoms with Crippen LogP contribution in [0, 0.1) is 0 Å². The molecular weight excluding hydrogens is 183 g/mol. The fourth-order valence-corrected chi connectivity index (χ4v) is 3.33. The lowest BCUT2D eigenvalue weighted by Crippen LogP contribution is -2.02. The highest BCUT2D eigenvalue weighted by Crippen LogP contribution is 2.47. The Bertz CT molecular complexity index is 177. The molecule has 0 N–H and O–H groups in total. The molecule has 3 heteroatoms. The minimum atomic E-state index is -0.256. The zero-order valence-corrected chi connectivity index (χ0v) is 9.97. The number of esters is 1. The van der Waals surface area contributed by atoms with Crippen LogP contribution in [0.2, 0.25) is 0 Å². The minimum absolute atomic E-state index is 0.198. The minimum Gasteiger partial charge on any atom is -0.466 e.